The van der Waals surface area contributed by atoms with Gasteiger partial charge < -0.3 is 34.3 Å². The predicted molar refractivity (Wildman–Crippen MR) is 233 cm³/mol. The normalized spacial score (nSPS) is 22.9. The summed E-state index contributed by atoms with van der Waals surface area (Å²) < 4.78 is 14.0. The number of carbonyl (C=O) groups excluding carboxylic acids is 4. The van der Waals surface area contributed by atoms with Gasteiger partial charge in [-0.3, -0.25) is 19.6 Å². The lowest BCUT2D eigenvalue weighted by molar-refractivity contribution is -0.189. The summed E-state index contributed by atoms with van der Waals surface area (Å²) in [7, 11) is 3.29. The minimum absolute atomic E-state index is 0.0124. The van der Waals surface area contributed by atoms with Crippen molar-refractivity contribution in [1.82, 2.24) is 40.1 Å². The predicted octanol–water partition coefficient (Wildman–Crippen LogP) is 5.69. The fourth-order valence-corrected chi connectivity index (χ4v) is 9.76. The molecule has 7 rings (SSSR count). The molecule has 3 aromatic heterocycles. The summed E-state index contributed by atoms with van der Waals surface area (Å²) >= 11 is 1.38. The molecule has 3 aliphatic heterocycles. The molecule has 0 aliphatic carbocycles. The Kier molecular flexibility index (Phi) is 12.6. The standard InChI is InChI=1S/C45H60N8O7S/c1-10-51-35-15-14-29-21-31(35)32(39(51)30-13-11-18-46-37(30)28(5)59-9)23-44(6,7)25-60-42(56)45(58)17-12-19-53(49-45)41(55)33(22-36-47-34(29)24-61-36)48-40(54)38(26(2)3)50(8)43(57)52-20-16-27(52)4/h11,13-15,18,21,24,26-28,33,38,49,58H,10,12,16-17,19-20,22-23,25H2,1-9H3,(H,48,54)/t27-,28+,33+,38+,45+/m1/s1. The van der Waals surface area contributed by atoms with Crippen LogP contribution in [0.1, 0.15) is 90.1 Å². The number of thiazole rings is 1. The molecule has 6 heterocycles. The van der Waals surface area contributed by atoms with Gasteiger partial charge in [0, 0.05) is 91.7 Å². The molecule has 4 aromatic rings. The van der Waals surface area contributed by atoms with Gasteiger partial charge >= 0.3 is 12.0 Å². The Bertz CT molecular complexity index is 2310. The quantitative estimate of drug-likeness (QED) is 0.187. The molecular weight excluding hydrogens is 797 g/mol. The monoisotopic (exact) mass is 856 g/mol. The number of aliphatic hydroxyl groups is 1. The van der Waals surface area contributed by atoms with Crippen molar-refractivity contribution in [2.75, 3.05) is 33.9 Å². The second kappa shape index (κ2) is 17.5. The maximum Gasteiger partial charge on any atom is 0.355 e. The third kappa shape index (κ3) is 8.64. The first kappa shape index (κ1) is 44.2. The number of benzene rings is 1. The van der Waals surface area contributed by atoms with Gasteiger partial charge in [0.05, 0.1) is 34.8 Å². The molecule has 1 aromatic carbocycles. The van der Waals surface area contributed by atoms with Gasteiger partial charge in [-0.25, -0.2) is 14.6 Å². The number of hydrazine groups is 1. The van der Waals surface area contributed by atoms with Crippen LogP contribution >= 0.6 is 11.3 Å². The first-order valence-corrected chi connectivity index (χ1v) is 22.3. The van der Waals surface area contributed by atoms with E-state index in [-0.39, 0.29) is 50.1 Å². The van der Waals surface area contributed by atoms with Crippen LogP contribution in [-0.2, 0) is 43.2 Å². The molecule has 6 bridgehead atoms. The summed E-state index contributed by atoms with van der Waals surface area (Å²) in [6.07, 6.45) is 3.24. The number of likely N-dealkylation sites (N-methyl/N-ethyl adjacent to an activating group) is 1. The number of carbonyl (C=O) groups is 4. The van der Waals surface area contributed by atoms with Crippen LogP contribution in [0.4, 0.5) is 4.79 Å². The van der Waals surface area contributed by atoms with Crippen molar-refractivity contribution in [3.63, 3.8) is 0 Å². The number of likely N-dealkylation sites (tertiary alicyclic amines) is 1. The zero-order valence-electron chi connectivity index (χ0n) is 36.8. The summed E-state index contributed by atoms with van der Waals surface area (Å²) in [5.41, 5.74) is 6.40. The summed E-state index contributed by atoms with van der Waals surface area (Å²) in [6.45, 7) is 15.3. The highest BCUT2D eigenvalue weighted by Crippen LogP contribution is 2.42. The number of ether oxygens (including phenoxy) is 2. The Balaban J connectivity index is 1.32. The maximum absolute atomic E-state index is 14.5. The van der Waals surface area contributed by atoms with E-state index in [1.807, 2.05) is 53.0 Å². The van der Waals surface area contributed by atoms with E-state index in [0.29, 0.717) is 30.9 Å². The first-order chi connectivity index (χ1) is 29.0. The van der Waals surface area contributed by atoms with Crippen LogP contribution < -0.4 is 10.7 Å². The molecule has 16 heteroatoms. The Morgan fingerprint density at radius 2 is 1.95 bits per heavy atom. The van der Waals surface area contributed by atoms with Crippen molar-refractivity contribution in [2.45, 2.75) is 117 Å². The number of amides is 4. The van der Waals surface area contributed by atoms with Gasteiger partial charge in [0.25, 0.3) is 5.91 Å². The topological polar surface area (TPSA) is 171 Å². The number of urea groups is 1. The Labute approximate surface area is 361 Å². The largest absolute Gasteiger partial charge is 0.462 e. The van der Waals surface area contributed by atoms with Crippen LogP contribution in [0.3, 0.4) is 0 Å². The lowest BCUT2D eigenvalue weighted by Gasteiger charge is -2.43. The van der Waals surface area contributed by atoms with Gasteiger partial charge in [0.15, 0.2) is 0 Å². The minimum Gasteiger partial charge on any atom is -0.462 e. The van der Waals surface area contributed by atoms with Crippen LogP contribution in [-0.4, -0.2) is 116 Å². The highest BCUT2D eigenvalue weighted by molar-refractivity contribution is 7.10. The smallest absolute Gasteiger partial charge is 0.355 e. The summed E-state index contributed by atoms with van der Waals surface area (Å²) in [5, 5.41) is 19.5. The van der Waals surface area contributed by atoms with E-state index in [9.17, 15) is 24.3 Å². The van der Waals surface area contributed by atoms with E-state index in [1.54, 1.807) is 25.3 Å². The van der Waals surface area contributed by atoms with E-state index < -0.39 is 41.0 Å². The number of rotatable bonds is 8. The Hall–Kier alpha value is -4.90. The van der Waals surface area contributed by atoms with Gasteiger partial charge in [0.1, 0.15) is 12.1 Å². The van der Waals surface area contributed by atoms with Crippen molar-refractivity contribution >= 4 is 46.1 Å². The highest BCUT2D eigenvalue weighted by Gasteiger charge is 2.46. The van der Waals surface area contributed by atoms with Gasteiger partial charge in [-0.05, 0) is 75.8 Å². The number of aryl methyl sites for hydroxylation is 1. The molecule has 15 nitrogen and oxygen atoms in total. The number of nitrogens with zero attached hydrogens (tertiary/aromatic N) is 6. The molecule has 61 heavy (non-hydrogen) atoms. The third-order valence-electron chi connectivity index (χ3n) is 12.4. The fraction of sp³-hybridized carbons (Fsp3) is 0.556. The fourth-order valence-electron chi connectivity index (χ4n) is 8.91. The molecule has 3 aliphatic rings. The molecule has 2 saturated heterocycles. The number of hydrogen-bond donors (Lipinski definition) is 3. The number of nitrogens with one attached hydrogen (secondary N) is 2. The molecule has 4 amide bonds. The average molecular weight is 857 g/mol. The lowest BCUT2D eigenvalue weighted by atomic mass is 9.84. The molecule has 2 fully saturated rings. The second-order valence-corrected chi connectivity index (χ2v) is 18.8. The third-order valence-corrected chi connectivity index (χ3v) is 13.3. The Morgan fingerprint density at radius 3 is 2.62 bits per heavy atom. The van der Waals surface area contributed by atoms with E-state index in [1.165, 1.54) is 21.2 Å². The lowest BCUT2D eigenvalue weighted by Crippen LogP contribution is -2.67. The van der Waals surface area contributed by atoms with Gasteiger partial charge in [-0.2, -0.15) is 5.43 Å². The van der Waals surface area contributed by atoms with Crippen molar-refractivity contribution in [3.8, 4) is 22.5 Å². The van der Waals surface area contributed by atoms with E-state index in [4.69, 9.17) is 19.4 Å². The summed E-state index contributed by atoms with van der Waals surface area (Å²) in [4.78, 5) is 69.1. The summed E-state index contributed by atoms with van der Waals surface area (Å²) in [6, 6.07) is 8.11. The van der Waals surface area contributed by atoms with Crippen LogP contribution in [0.15, 0.2) is 41.9 Å². The SMILES string of the molecule is CCn1c(-c2cccnc2[C@H](C)OC)c2c3cc(ccc31)-c1csc(n1)C[C@H](NC(=O)[C@H](C(C)C)N(C)C(=O)N1CC[C@H]1C)C(=O)N1CCC[C@@](O)(N1)C(=O)OCC(C)(C)C2. The molecule has 5 atom stereocenters. The maximum atomic E-state index is 14.5. The zero-order valence-corrected chi connectivity index (χ0v) is 37.6. The van der Waals surface area contributed by atoms with Crippen molar-refractivity contribution in [3.05, 3.63) is 58.2 Å². The Morgan fingerprint density at radius 1 is 1.18 bits per heavy atom. The van der Waals surface area contributed by atoms with Gasteiger partial charge in [0.2, 0.25) is 11.6 Å². The first-order valence-electron chi connectivity index (χ1n) is 21.4. The van der Waals surface area contributed by atoms with Crippen LogP contribution in [0.25, 0.3) is 33.4 Å². The van der Waals surface area contributed by atoms with Gasteiger partial charge in [-0.1, -0.05) is 33.8 Å². The highest BCUT2D eigenvalue weighted by atomic mass is 32.1. The molecule has 0 unspecified atom stereocenters. The molecule has 0 saturated carbocycles. The van der Waals surface area contributed by atoms with Crippen LogP contribution in [0.2, 0.25) is 0 Å². The zero-order chi connectivity index (χ0) is 44.0. The van der Waals surface area contributed by atoms with E-state index >= 15 is 0 Å². The number of methoxy groups -OCH3 is 1. The van der Waals surface area contributed by atoms with E-state index in [0.717, 1.165) is 51.1 Å². The number of cyclic esters (lactones) is 1. The molecule has 0 radical (unpaired) electrons. The van der Waals surface area contributed by atoms with Crippen molar-refractivity contribution in [2.24, 2.45) is 11.3 Å². The van der Waals surface area contributed by atoms with Crippen LogP contribution in [0, 0.1) is 11.3 Å². The molecule has 3 N–H and O–H groups in total. The van der Waals surface area contributed by atoms with E-state index in [2.05, 4.69) is 46.5 Å². The van der Waals surface area contributed by atoms with Crippen LogP contribution in [0.5, 0.6) is 0 Å². The van der Waals surface area contributed by atoms with Crippen molar-refractivity contribution < 1.29 is 33.8 Å². The molecular formula is C45H60N8O7S. The second-order valence-electron chi connectivity index (χ2n) is 17.9. The van der Waals surface area contributed by atoms with Crippen molar-refractivity contribution in [1.29, 1.82) is 0 Å². The molecule has 328 valence electrons. The number of aromatic nitrogens is 3. The van der Waals surface area contributed by atoms with Gasteiger partial charge in [-0.15, -0.1) is 11.3 Å². The average Bonchev–Trinajstić information content (AvgIpc) is 3.82. The number of fused-ring (bicyclic) bond motifs is 6. The number of pyridine rings is 1. The minimum atomic E-state index is -2.20. The number of esters is 1. The molecule has 0 spiro atoms. The number of hydrogen-bond acceptors (Lipinski definition) is 11. The summed E-state index contributed by atoms with van der Waals surface area (Å²) in [5.74, 6) is -2.22.